The molecule has 5 nitrogen and oxygen atoms in total. The molecule has 0 bridgehead atoms. The third kappa shape index (κ3) is 8.04. The van der Waals surface area contributed by atoms with Crippen molar-refractivity contribution in [1.82, 2.24) is 5.16 Å². The molecule has 0 aliphatic heterocycles. The molecule has 0 unspecified atom stereocenters. The standard InChI is InChI=1S/C21H21N2O3.C3H8.Y/c1-14(2)25-21(24)22-19-15(3)26-23-20(19)18-11-9-17(10-12-18)13-16-7-5-4-6-8-16;1-3-2;/h4-12,14H,1,13H2,2-3H3,(H,22,24);3H2,1-2H3;/q-1;;/t14-;;/m0../s1. The minimum Gasteiger partial charge on any atom is -0.479 e. The molecule has 157 valence electrons. The van der Waals surface area contributed by atoms with E-state index in [1.807, 2.05) is 42.5 Å². The number of hydrogen-bond acceptors (Lipinski definition) is 4. The molecule has 1 aromatic heterocycles. The first kappa shape index (κ1) is 26.1. The molecular weight excluding hydrogens is 453 g/mol. The second kappa shape index (κ2) is 13.4. The minimum atomic E-state index is -0.583. The van der Waals surface area contributed by atoms with E-state index in [0.29, 0.717) is 17.1 Å². The van der Waals surface area contributed by atoms with Crippen LogP contribution in [0.25, 0.3) is 11.3 Å². The average molecular weight is 482 g/mol. The Balaban J connectivity index is 0.00000106. The first-order chi connectivity index (χ1) is 13.9. The fourth-order valence-corrected chi connectivity index (χ4v) is 2.64. The normalized spacial score (nSPS) is 10.8. The summed E-state index contributed by atoms with van der Waals surface area (Å²) < 4.78 is 10.3. The van der Waals surface area contributed by atoms with E-state index >= 15 is 0 Å². The fourth-order valence-electron chi connectivity index (χ4n) is 2.64. The van der Waals surface area contributed by atoms with Crippen LogP contribution in [-0.4, -0.2) is 17.4 Å². The summed E-state index contributed by atoms with van der Waals surface area (Å²) >= 11 is 0. The van der Waals surface area contributed by atoms with E-state index in [9.17, 15) is 4.79 Å². The Bertz CT molecular complexity index is 891. The van der Waals surface area contributed by atoms with Crippen molar-refractivity contribution in [1.29, 1.82) is 0 Å². The van der Waals surface area contributed by atoms with E-state index in [-0.39, 0.29) is 32.7 Å². The van der Waals surface area contributed by atoms with Gasteiger partial charge in [0, 0.05) is 38.3 Å². The Labute approximate surface area is 204 Å². The van der Waals surface area contributed by atoms with Crippen LogP contribution in [0.2, 0.25) is 0 Å². The first-order valence-electron chi connectivity index (χ1n) is 9.84. The molecule has 1 N–H and O–H groups in total. The molecule has 0 spiro atoms. The Hall–Kier alpha value is -1.98. The van der Waals surface area contributed by atoms with Crippen LogP contribution in [0.5, 0.6) is 0 Å². The number of rotatable bonds is 5. The van der Waals surface area contributed by atoms with E-state index < -0.39 is 12.2 Å². The van der Waals surface area contributed by atoms with Gasteiger partial charge in [0.05, 0.1) is 0 Å². The van der Waals surface area contributed by atoms with Crippen LogP contribution in [0.1, 0.15) is 44.1 Å². The van der Waals surface area contributed by atoms with Crippen LogP contribution in [0, 0.1) is 13.8 Å². The summed E-state index contributed by atoms with van der Waals surface area (Å²) in [6, 6.07) is 18.3. The van der Waals surface area contributed by atoms with Crippen molar-refractivity contribution in [3.63, 3.8) is 0 Å². The van der Waals surface area contributed by atoms with Crippen molar-refractivity contribution in [3.8, 4) is 11.3 Å². The molecule has 1 heterocycles. The zero-order valence-corrected chi connectivity index (χ0v) is 21.0. The molecule has 6 heteroatoms. The molecule has 0 aliphatic carbocycles. The second-order valence-electron chi connectivity index (χ2n) is 6.87. The monoisotopic (exact) mass is 482 g/mol. The number of benzene rings is 2. The van der Waals surface area contributed by atoms with Crippen LogP contribution in [0.15, 0.2) is 59.1 Å². The van der Waals surface area contributed by atoms with Gasteiger partial charge in [0.15, 0.2) is 5.76 Å². The van der Waals surface area contributed by atoms with Gasteiger partial charge in [-0.2, -0.15) is 0 Å². The predicted octanol–water partition coefficient (Wildman–Crippen LogP) is 6.43. The molecule has 0 saturated heterocycles. The molecule has 0 aliphatic rings. The van der Waals surface area contributed by atoms with Gasteiger partial charge in [-0.1, -0.05) is 86.9 Å². The number of ether oxygens (including phenoxy) is 1. The number of aromatic nitrogens is 1. The minimum absolute atomic E-state index is 0. The van der Waals surface area contributed by atoms with Crippen molar-refractivity contribution in [2.45, 2.75) is 46.6 Å². The van der Waals surface area contributed by atoms with Crippen LogP contribution in [0.3, 0.4) is 0 Å². The van der Waals surface area contributed by atoms with E-state index in [4.69, 9.17) is 9.26 Å². The molecule has 0 saturated carbocycles. The maximum Gasteiger partial charge on any atom is 0.409 e. The maximum atomic E-state index is 11.9. The van der Waals surface area contributed by atoms with Gasteiger partial charge in [-0.25, -0.2) is 4.79 Å². The predicted molar refractivity (Wildman–Crippen MR) is 117 cm³/mol. The molecule has 3 aromatic rings. The van der Waals surface area contributed by atoms with Gasteiger partial charge in [0.1, 0.15) is 11.4 Å². The van der Waals surface area contributed by atoms with Gasteiger partial charge in [-0.15, -0.1) is 0 Å². The molecule has 3 rings (SSSR count). The average Bonchev–Trinajstić information content (AvgIpc) is 3.04. The van der Waals surface area contributed by atoms with Crippen LogP contribution in [-0.2, 0) is 43.9 Å². The molecular formula is C24H29N2O3Y-. The Kier molecular flexibility index (Phi) is 11.6. The number of nitrogens with zero attached hydrogens (tertiary/aromatic N) is 1. The Morgan fingerprint density at radius 2 is 1.67 bits per heavy atom. The topological polar surface area (TPSA) is 64.4 Å². The molecule has 1 atom stereocenters. The summed E-state index contributed by atoms with van der Waals surface area (Å²) in [6.45, 7) is 11.3. The van der Waals surface area contributed by atoms with Gasteiger partial charge in [0.25, 0.3) is 0 Å². The summed E-state index contributed by atoms with van der Waals surface area (Å²) in [5.74, 6) is 0.516. The van der Waals surface area contributed by atoms with Crippen molar-refractivity contribution in [3.05, 3.63) is 78.4 Å². The van der Waals surface area contributed by atoms with E-state index in [1.54, 1.807) is 13.8 Å². The van der Waals surface area contributed by atoms with Crippen LogP contribution >= 0.6 is 0 Å². The van der Waals surface area contributed by atoms with Gasteiger partial charge in [0.2, 0.25) is 0 Å². The number of aryl methyl sites for hydroxylation is 1. The van der Waals surface area contributed by atoms with Crippen molar-refractivity contribution < 1.29 is 46.8 Å². The number of amides is 1. The summed E-state index contributed by atoms with van der Waals surface area (Å²) in [5, 5.41) is 6.76. The van der Waals surface area contributed by atoms with Crippen molar-refractivity contribution >= 4 is 11.8 Å². The summed E-state index contributed by atoms with van der Waals surface area (Å²) in [7, 11) is 0. The number of anilines is 1. The van der Waals surface area contributed by atoms with Gasteiger partial charge < -0.3 is 16.2 Å². The molecule has 1 radical (unpaired) electrons. The maximum absolute atomic E-state index is 11.9. The van der Waals surface area contributed by atoms with Gasteiger partial charge in [-0.05, 0) is 30.6 Å². The van der Waals surface area contributed by atoms with Crippen LogP contribution < -0.4 is 5.32 Å². The second-order valence-corrected chi connectivity index (χ2v) is 6.87. The fraction of sp³-hybridized carbons (Fsp3) is 0.292. The zero-order valence-electron chi connectivity index (χ0n) is 18.1. The number of hydrogen-bond donors (Lipinski definition) is 1. The SMILES string of the molecule is CCC.[CH2-][C@@H](C)OC(=O)Nc1c(-c2ccc(Cc3ccccc3)cc2)noc1C.[Y]. The quantitative estimate of drug-likeness (QED) is 0.426. The van der Waals surface area contributed by atoms with E-state index in [2.05, 4.69) is 43.4 Å². The summed E-state index contributed by atoms with van der Waals surface area (Å²) in [4.78, 5) is 11.9. The third-order valence-electron chi connectivity index (χ3n) is 3.88. The summed E-state index contributed by atoms with van der Waals surface area (Å²) in [6.07, 6.45) is 1.08. The summed E-state index contributed by atoms with van der Waals surface area (Å²) in [5.41, 5.74) is 4.38. The van der Waals surface area contributed by atoms with Crippen molar-refractivity contribution in [2.24, 2.45) is 0 Å². The molecule has 2 aromatic carbocycles. The number of carbonyl (C=O) groups is 1. The molecule has 0 fully saturated rings. The van der Waals surface area contributed by atoms with E-state index in [0.717, 1.165) is 12.0 Å². The number of nitrogens with one attached hydrogen (secondary N) is 1. The van der Waals surface area contributed by atoms with E-state index in [1.165, 1.54) is 17.5 Å². The smallest absolute Gasteiger partial charge is 0.409 e. The molecule has 30 heavy (non-hydrogen) atoms. The third-order valence-corrected chi connectivity index (χ3v) is 3.88. The van der Waals surface area contributed by atoms with Crippen molar-refractivity contribution in [2.75, 3.05) is 5.32 Å². The zero-order chi connectivity index (χ0) is 21.2. The van der Waals surface area contributed by atoms with Gasteiger partial charge >= 0.3 is 6.09 Å². The first-order valence-corrected chi connectivity index (χ1v) is 9.84. The van der Waals surface area contributed by atoms with Crippen LogP contribution in [0.4, 0.5) is 10.5 Å². The Morgan fingerprint density at radius 1 is 1.10 bits per heavy atom. The number of carbonyl (C=O) groups excluding carboxylic acids is 1. The molecule has 1 amide bonds. The Morgan fingerprint density at radius 3 is 2.23 bits per heavy atom. The van der Waals surface area contributed by atoms with Gasteiger partial charge in [-0.3, -0.25) is 5.32 Å². The largest absolute Gasteiger partial charge is 0.479 e.